The number of nitrogens with one attached hydrogen (secondary N) is 1. The van der Waals surface area contributed by atoms with Crippen LogP contribution in [0.4, 0.5) is 0 Å². The molecule has 1 saturated heterocycles. The van der Waals surface area contributed by atoms with E-state index in [4.69, 9.17) is 9.47 Å². The third-order valence-electron chi connectivity index (χ3n) is 7.53. The number of nitrogens with zero attached hydrogens (tertiary/aromatic N) is 2. The van der Waals surface area contributed by atoms with Crippen LogP contribution >= 0.6 is 0 Å². The minimum Gasteiger partial charge on any atom is -0.392 e. The summed E-state index contributed by atoms with van der Waals surface area (Å²) >= 11 is 0. The van der Waals surface area contributed by atoms with Crippen molar-refractivity contribution in [2.75, 3.05) is 0 Å². The summed E-state index contributed by atoms with van der Waals surface area (Å²) < 4.78 is 15.2. The van der Waals surface area contributed by atoms with Crippen molar-refractivity contribution >= 4 is 16.9 Å². The summed E-state index contributed by atoms with van der Waals surface area (Å²) in [4.78, 5) is 15.9. The van der Waals surface area contributed by atoms with E-state index in [1.807, 2.05) is 60.9 Å². The summed E-state index contributed by atoms with van der Waals surface area (Å²) in [5.41, 5.74) is 8.12. The Kier molecular flexibility index (Phi) is 7.91. The lowest BCUT2D eigenvalue weighted by Gasteiger charge is -2.36. The lowest BCUT2D eigenvalue weighted by Crippen LogP contribution is -2.32. The molecule has 1 fully saturated rings. The first-order chi connectivity index (χ1) is 20.1. The number of imidazole rings is 1. The van der Waals surface area contributed by atoms with Crippen LogP contribution in [0.25, 0.3) is 22.2 Å². The maximum atomic E-state index is 11.3. The number of carbonyl (C=O) groups is 1. The molecule has 1 aromatic heterocycles. The molecule has 7 heteroatoms. The van der Waals surface area contributed by atoms with Gasteiger partial charge in [0.05, 0.1) is 42.7 Å². The van der Waals surface area contributed by atoms with Gasteiger partial charge in [0.15, 0.2) is 6.29 Å². The summed E-state index contributed by atoms with van der Waals surface area (Å²) in [5, 5.41) is 12.3. The van der Waals surface area contributed by atoms with Crippen molar-refractivity contribution in [2.24, 2.45) is 0 Å². The number of hydrogen-bond donors (Lipinski definition) is 2. The van der Waals surface area contributed by atoms with Crippen LogP contribution in [-0.2, 0) is 34.0 Å². The molecule has 0 unspecified atom stereocenters. The summed E-state index contributed by atoms with van der Waals surface area (Å²) in [5.74, 6) is -0.0468. The van der Waals surface area contributed by atoms with Crippen LogP contribution in [0.2, 0.25) is 0 Å². The van der Waals surface area contributed by atoms with Gasteiger partial charge < -0.3 is 24.5 Å². The van der Waals surface area contributed by atoms with E-state index in [0.29, 0.717) is 19.5 Å². The second-order valence-corrected chi connectivity index (χ2v) is 10.5. The first kappa shape index (κ1) is 26.9. The van der Waals surface area contributed by atoms with Gasteiger partial charge in [-0.3, -0.25) is 4.79 Å². The fourth-order valence-electron chi connectivity index (χ4n) is 5.33. The van der Waals surface area contributed by atoms with Gasteiger partial charge in [-0.05, 0) is 46.0 Å². The predicted octanol–water partition coefficient (Wildman–Crippen LogP) is 6.08. The van der Waals surface area contributed by atoms with Crippen LogP contribution in [0.1, 0.15) is 48.0 Å². The van der Waals surface area contributed by atoms with E-state index in [9.17, 15) is 9.90 Å². The molecule has 3 atom stereocenters. The van der Waals surface area contributed by atoms with Crippen molar-refractivity contribution in [3.63, 3.8) is 0 Å². The standard InChI is InChI=1S/C34H33N3O4/c1-23(39)35-19-25-5-4-6-29(17-25)26-13-15-28(16-14-26)34-40-30(20-37-22-36-31-7-2-3-8-32(31)37)18-33(41-34)27-11-9-24(21-38)10-12-27/h2-17,22,30,33-34,38H,18-21H2,1H3,(H,35,39)/t30-,33+,34+/m0/s1. The fraction of sp³-hybridized carbons (Fsp3) is 0.235. The molecule has 0 spiro atoms. The third-order valence-corrected chi connectivity index (χ3v) is 7.53. The Hall–Kier alpha value is -4.30. The second-order valence-electron chi connectivity index (χ2n) is 10.5. The highest BCUT2D eigenvalue weighted by molar-refractivity contribution is 5.75. The number of para-hydroxylation sites is 2. The minimum atomic E-state index is -0.536. The Balaban J connectivity index is 1.25. The molecular weight excluding hydrogens is 514 g/mol. The Morgan fingerprint density at radius 1 is 0.902 bits per heavy atom. The Labute approximate surface area is 239 Å². The fourth-order valence-corrected chi connectivity index (χ4v) is 5.33. The molecule has 6 rings (SSSR count). The molecule has 208 valence electrons. The van der Waals surface area contributed by atoms with Crippen molar-refractivity contribution in [1.82, 2.24) is 14.9 Å². The number of rotatable bonds is 8. The van der Waals surface area contributed by atoms with Gasteiger partial charge in [-0.25, -0.2) is 4.98 Å². The van der Waals surface area contributed by atoms with Gasteiger partial charge in [-0.15, -0.1) is 0 Å². The number of carbonyl (C=O) groups excluding carboxylic acids is 1. The normalized spacial score (nSPS) is 18.8. The molecule has 41 heavy (non-hydrogen) atoms. The molecule has 5 aromatic rings. The van der Waals surface area contributed by atoms with Crippen LogP contribution < -0.4 is 5.32 Å². The number of hydrogen-bond acceptors (Lipinski definition) is 5. The number of aliphatic hydroxyl groups is 1. The minimum absolute atomic E-state index is 0.0103. The van der Waals surface area contributed by atoms with Crippen molar-refractivity contribution < 1.29 is 19.4 Å². The summed E-state index contributed by atoms with van der Waals surface area (Å²) in [6.45, 7) is 2.69. The molecule has 1 amide bonds. The Morgan fingerprint density at radius 3 is 2.46 bits per heavy atom. The SMILES string of the molecule is CC(=O)NCc1cccc(-c2ccc([C@@H]3O[C@H](Cn4cnc5ccccc54)C[C@H](c4ccc(CO)cc4)O3)cc2)c1. The number of ether oxygens (including phenoxy) is 2. The van der Waals surface area contributed by atoms with Crippen molar-refractivity contribution in [2.45, 2.75) is 51.5 Å². The van der Waals surface area contributed by atoms with E-state index >= 15 is 0 Å². The molecule has 4 aromatic carbocycles. The highest BCUT2D eigenvalue weighted by atomic mass is 16.7. The maximum Gasteiger partial charge on any atom is 0.217 e. The lowest BCUT2D eigenvalue weighted by atomic mass is 9.99. The van der Waals surface area contributed by atoms with Gasteiger partial charge in [0.2, 0.25) is 5.91 Å². The van der Waals surface area contributed by atoms with E-state index in [1.54, 1.807) is 0 Å². The Bertz CT molecular complexity index is 1630. The van der Waals surface area contributed by atoms with Gasteiger partial charge in [0, 0.05) is 25.5 Å². The number of amides is 1. The molecular formula is C34H33N3O4. The third kappa shape index (κ3) is 6.23. The number of fused-ring (bicyclic) bond motifs is 1. The van der Waals surface area contributed by atoms with Gasteiger partial charge in [0.25, 0.3) is 0 Å². The van der Waals surface area contributed by atoms with Crippen molar-refractivity contribution in [3.05, 3.63) is 126 Å². The molecule has 1 aliphatic heterocycles. The zero-order chi connectivity index (χ0) is 28.2. The maximum absolute atomic E-state index is 11.3. The quantitative estimate of drug-likeness (QED) is 0.246. The van der Waals surface area contributed by atoms with Crippen LogP contribution in [0.5, 0.6) is 0 Å². The van der Waals surface area contributed by atoms with Gasteiger partial charge in [-0.2, -0.15) is 0 Å². The molecule has 2 heterocycles. The van der Waals surface area contributed by atoms with Crippen LogP contribution in [0, 0.1) is 0 Å². The molecule has 7 nitrogen and oxygen atoms in total. The zero-order valence-corrected chi connectivity index (χ0v) is 22.9. The van der Waals surface area contributed by atoms with E-state index in [0.717, 1.165) is 44.4 Å². The molecule has 0 bridgehead atoms. The number of aliphatic hydroxyl groups excluding tert-OH is 1. The Morgan fingerprint density at radius 2 is 1.68 bits per heavy atom. The van der Waals surface area contributed by atoms with Crippen molar-refractivity contribution in [3.8, 4) is 11.1 Å². The molecule has 0 saturated carbocycles. The van der Waals surface area contributed by atoms with Crippen LogP contribution in [0.15, 0.2) is 103 Å². The topological polar surface area (TPSA) is 85.6 Å². The smallest absolute Gasteiger partial charge is 0.217 e. The monoisotopic (exact) mass is 547 g/mol. The van der Waals surface area contributed by atoms with Crippen LogP contribution in [-0.4, -0.2) is 26.7 Å². The first-order valence-electron chi connectivity index (χ1n) is 13.9. The summed E-state index contributed by atoms with van der Waals surface area (Å²) in [6.07, 6.45) is 1.77. The summed E-state index contributed by atoms with van der Waals surface area (Å²) in [6, 6.07) is 32.5. The van der Waals surface area contributed by atoms with Gasteiger partial charge in [0.1, 0.15) is 0 Å². The lowest BCUT2D eigenvalue weighted by molar-refractivity contribution is -0.252. The number of aromatic nitrogens is 2. The van der Waals surface area contributed by atoms with Crippen LogP contribution in [0.3, 0.4) is 0 Å². The molecule has 0 radical (unpaired) electrons. The van der Waals surface area contributed by atoms with Gasteiger partial charge >= 0.3 is 0 Å². The van der Waals surface area contributed by atoms with E-state index in [2.05, 4.69) is 57.3 Å². The van der Waals surface area contributed by atoms with E-state index < -0.39 is 6.29 Å². The molecule has 2 N–H and O–H groups in total. The largest absolute Gasteiger partial charge is 0.392 e. The van der Waals surface area contributed by atoms with E-state index in [1.165, 1.54) is 6.92 Å². The molecule has 0 aliphatic carbocycles. The summed E-state index contributed by atoms with van der Waals surface area (Å²) in [7, 11) is 0. The highest BCUT2D eigenvalue weighted by Gasteiger charge is 2.32. The average molecular weight is 548 g/mol. The van der Waals surface area contributed by atoms with E-state index in [-0.39, 0.29) is 24.7 Å². The molecule has 1 aliphatic rings. The average Bonchev–Trinajstić information content (AvgIpc) is 3.42. The predicted molar refractivity (Wildman–Crippen MR) is 158 cm³/mol. The zero-order valence-electron chi connectivity index (χ0n) is 22.9. The second kappa shape index (κ2) is 12.1. The first-order valence-corrected chi connectivity index (χ1v) is 13.9. The number of benzene rings is 4. The van der Waals surface area contributed by atoms with Gasteiger partial charge in [-0.1, -0.05) is 78.9 Å². The highest BCUT2D eigenvalue weighted by Crippen LogP contribution is 2.39. The van der Waals surface area contributed by atoms with Crippen molar-refractivity contribution in [1.29, 1.82) is 0 Å².